The summed E-state index contributed by atoms with van der Waals surface area (Å²) in [7, 11) is 6.95. The second-order valence-electron chi connectivity index (χ2n) is 4.75. The van der Waals surface area contributed by atoms with Crippen LogP contribution in [0.2, 0.25) is 0 Å². The molecule has 0 radical (unpaired) electrons. The van der Waals surface area contributed by atoms with E-state index >= 15 is 0 Å². The Bertz CT molecular complexity index is 153. The summed E-state index contributed by atoms with van der Waals surface area (Å²) >= 11 is 0. The van der Waals surface area contributed by atoms with E-state index in [1.807, 2.05) is 0 Å². The van der Waals surface area contributed by atoms with E-state index in [-0.39, 0.29) is 0 Å². The molecule has 0 heterocycles. The minimum atomic E-state index is 0.870. The third kappa shape index (κ3) is 2.98. The van der Waals surface area contributed by atoms with Gasteiger partial charge in [0.25, 0.3) is 0 Å². The lowest BCUT2D eigenvalue weighted by atomic mass is 9.99. The molecule has 1 aliphatic rings. The van der Waals surface area contributed by atoms with E-state index < -0.39 is 0 Å². The molecule has 0 unspecified atom stereocenters. The average molecular weight is 168 g/mol. The van der Waals surface area contributed by atoms with Crippen LogP contribution < -0.4 is 0 Å². The van der Waals surface area contributed by atoms with E-state index in [2.05, 4.69) is 33.3 Å². The van der Waals surface area contributed by atoms with E-state index in [1.54, 1.807) is 0 Å². The first-order valence-electron chi connectivity index (χ1n) is 5.07. The molecular formula is C11H22N+. The number of hydrogen-bond donors (Lipinski definition) is 0. The van der Waals surface area contributed by atoms with E-state index in [4.69, 9.17) is 0 Å². The van der Waals surface area contributed by atoms with Crippen molar-refractivity contribution in [1.29, 1.82) is 0 Å². The van der Waals surface area contributed by atoms with Gasteiger partial charge in [0.05, 0.1) is 27.2 Å². The fourth-order valence-corrected chi connectivity index (χ4v) is 1.91. The van der Waals surface area contributed by atoms with Gasteiger partial charge in [-0.2, -0.15) is 0 Å². The Morgan fingerprint density at radius 3 is 2.33 bits per heavy atom. The van der Waals surface area contributed by atoms with Crippen molar-refractivity contribution in [3.05, 3.63) is 12.2 Å². The predicted octanol–water partition coefficient (Wildman–Crippen LogP) is 2.58. The zero-order valence-electron chi connectivity index (χ0n) is 8.71. The maximum atomic E-state index is 2.35. The Hall–Kier alpha value is -0.300. The zero-order chi connectivity index (χ0) is 9.03. The topological polar surface area (TPSA) is 0 Å². The predicted molar refractivity (Wildman–Crippen MR) is 54.0 cm³/mol. The molecule has 0 saturated heterocycles. The van der Waals surface area contributed by atoms with Crippen molar-refractivity contribution in [1.82, 2.24) is 0 Å². The first-order valence-corrected chi connectivity index (χ1v) is 5.07. The monoisotopic (exact) mass is 168 g/mol. The molecule has 0 aromatic rings. The number of rotatable bonds is 1. The van der Waals surface area contributed by atoms with Crippen LogP contribution in [0.25, 0.3) is 0 Å². The van der Waals surface area contributed by atoms with Crippen molar-refractivity contribution in [3.63, 3.8) is 0 Å². The molecule has 1 nitrogen and oxygen atoms in total. The highest BCUT2D eigenvalue weighted by atomic mass is 15.3. The smallest absolute Gasteiger partial charge is 0.0887 e. The summed E-state index contributed by atoms with van der Waals surface area (Å²) in [6, 6.07) is 0.870. The second kappa shape index (κ2) is 4.08. The molecule has 0 spiro atoms. The van der Waals surface area contributed by atoms with Crippen LogP contribution in [0.5, 0.6) is 0 Å². The van der Waals surface area contributed by atoms with Gasteiger partial charge in [-0.05, 0) is 25.7 Å². The van der Waals surface area contributed by atoms with Gasteiger partial charge in [-0.25, -0.2) is 0 Å². The summed E-state index contributed by atoms with van der Waals surface area (Å²) in [5.41, 5.74) is 0. The molecule has 70 valence electrons. The first-order chi connectivity index (χ1) is 5.61. The van der Waals surface area contributed by atoms with E-state index in [9.17, 15) is 0 Å². The van der Waals surface area contributed by atoms with Crippen LogP contribution in [0.4, 0.5) is 0 Å². The van der Waals surface area contributed by atoms with Gasteiger partial charge in [-0.15, -0.1) is 0 Å². The van der Waals surface area contributed by atoms with Crippen LogP contribution in [0.3, 0.4) is 0 Å². The molecule has 0 amide bonds. The molecular weight excluding hydrogens is 146 g/mol. The molecule has 0 fully saturated rings. The van der Waals surface area contributed by atoms with Crippen molar-refractivity contribution in [2.24, 2.45) is 0 Å². The summed E-state index contributed by atoms with van der Waals surface area (Å²) in [4.78, 5) is 0. The number of quaternary nitrogens is 1. The third-order valence-corrected chi connectivity index (χ3v) is 2.84. The van der Waals surface area contributed by atoms with Crippen LogP contribution in [0, 0.1) is 0 Å². The summed E-state index contributed by atoms with van der Waals surface area (Å²) in [5, 5.41) is 0. The van der Waals surface area contributed by atoms with Crippen LogP contribution in [0.15, 0.2) is 12.2 Å². The van der Waals surface area contributed by atoms with E-state index in [0.717, 1.165) is 10.5 Å². The third-order valence-electron chi connectivity index (χ3n) is 2.84. The lowest BCUT2D eigenvalue weighted by Gasteiger charge is -2.34. The van der Waals surface area contributed by atoms with Gasteiger partial charge < -0.3 is 4.48 Å². The highest BCUT2D eigenvalue weighted by molar-refractivity contribution is 4.85. The molecule has 0 aromatic carbocycles. The summed E-state index contributed by atoms with van der Waals surface area (Å²) in [5.74, 6) is 0. The molecule has 1 heteroatoms. The lowest BCUT2D eigenvalue weighted by molar-refractivity contribution is -0.896. The van der Waals surface area contributed by atoms with E-state index in [0.29, 0.717) is 0 Å². The normalized spacial score (nSPS) is 26.4. The van der Waals surface area contributed by atoms with Crippen LogP contribution in [-0.2, 0) is 0 Å². The molecule has 0 aliphatic heterocycles. The minimum absolute atomic E-state index is 0.870. The van der Waals surface area contributed by atoms with Gasteiger partial charge in [0.2, 0.25) is 0 Å². The molecule has 0 aromatic heterocycles. The van der Waals surface area contributed by atoms with E-state index in [1.165, 1.54) is 32.1 Å². The summed E-state index contributed by atoms with van der Waals surface area (Å²) < 4.78 is 1.13. The van der Waals surface area contributed by atoms with Crippen LogP contribution in [-0.4, -0.2) is 31.7 Å². The SMILES string of the molecule is C[N+](C)(C)[C@H]1CCC=CCCC1. The maximum Gasteiger partial charge on any atom is 0.0887 e. The quantitative estimate of drug-likeness (QED) is 0.417. The van der Waals surface area contributed by atoms with Gasteiger partial charge in [0.1, 0.15) is 0 Å². The Balaban J connectivity index is 2.48. The number of allylic oxidation sites excluding steroid dienone is 2. The molecule has 1 atom stereocenters. The van der Waals surface area contributed by atoms with Gasteiger partial charge in [-0.3, -0.25) is 0 Å². The van der Waals surface area contributed by atoms with Crippen molar-refractivity contribution in [2.45, 2.75) is 38.1 Å². The zero-order valence-corrected chi connectivity index (χ0v) is 8.71. The Morgan fingerprint density at radius 1 is 1.00 bits per heavy atom. The van der Waals surface area contributed by atoms with Crippen LogP contribution in [0.1, 0.15) is 32.1 Å². The Labute approximate surface area is 76.7 Å². The minimum Gasteiger partial charge on any atom is -0.328 e. The first kappa shape index (κ1) is 9.79. The van der Waals surface area contributed by atoms with Gasteiger partial charge in [-0.1, -0.05) is 12.2 Å². The van der Waals surface area contributed by atoms with Crippen molar-refractivity contribution < 1.29 is 4.48 Å². The molecule has 1 aliphatic carbocycles. The van der Waals surface area contributed by atoms with Gasteiger partial charge >= 0.3 is 0 Å². The number of hydrogen-bond acceptors (Lipinski definition) is 0. The average Bonchev–Trinajstić information content (AvgIpc) is 1.81. The van der Waals surface area contributed by atoms with Crippen molar-refractivity contribution in [3.8, 4) is 0 Å². The lowest BCUT2D eigenvalue weighted by Crippen LogP contribution is -2.45. The standard InChI is InChI=1S/C11H22N/c1-12(2,3)11-9-7-5-4-6-8-10-11/h4-5,11H,6-10H2,1-3H3/q+1/t11-/m0/s1. The Morgan fingerprint density at radius 2 is 1.67 bits per heavy atom. The second-order valence-corrected chi connectivity index (χ2v) is 4.75. The highest BCUT2D eigenvalue weighted by Crippen LogP contribution is 2.19. The largest absolute Gasteiger partial charge is 0.328 e. The van der Waals surface area contributed by atoms with Crippen molar-refractivity contribution in [2.75, 3.05) is 21.1 Å². The maximum absolute atomic E-state index is 2.35. The molecule has 0 N–H and O–H groups in total. The fourth-order valence-electron chi connectivity index (χ4n) is 1.91. The molecule has 1 rings (SSSR count). The van der Waals surface area contributed by atoms with Gasteiger partial charge in [0.15, 0.2) is 0 Å². The number of nitrogens with zero attached hydrogens (tertiary/aromatic N) is 1. The van der Waals surface area contributed by atoms with Crippen LogP contribution >= 0.6 is 0 Å². The fraction of sp³-hybridized carbons (Fsp3) is 0.818. The summed E-state index contributed by atoms with van der Waals surface area (Å²) in [6.45, 7) is 0. The highest BCUT2D eigenvalue weighted by Gasteiger charge is 2.22. The molecule has 0 bridgehead atoms. The Kier molecular flexibility index (Phi) is 3.33. The van der Waals surface area contributed by atoms with Gasteiger partial charge in [0, 0.05) is 6.42 Å². The summed E-state index contributed by atoms with van der Waals surface area (Å²) in [6.07, 6.45) is 11.4. The molecule has 0 saturated carbocycles. The molecule has 12 heavy (non-hydrogen) atoms. The van der Waals surface area contributed by atoms with Crippen molar-refractivity contribution >= 4 is 0 Å².